The molecule has 3 rings (SSSR count). The second kappa shape index (κ2) is 8.57. The normalized spacial score (nSPS) is 12.0. The smallest absolute Gasteiger partial charge is 0.264 e. The van der Waals surface area contributed by atoms with Gasteiger partial charge in [0, 0.05) is 16.4 Å². The largest absolute Gasteiger partial charge is 0.354 e. The zero-order chi connectivity index (χ0) is 23.0. The molecule has 0 bridgehead atoms. The predicted molar refractivity (Wildman–Crippen MR) is 119 cm³/mol. The second-order valence-electron chi connectivity index (χ2n) is 7.60. The fourth-order valence-electron chi connectivity index (χ4n) is 3.25. The number of ketones is 1. The number of Topliss-reactive ketones (excluding diaryl/α,β-unsaturated/α-hetero) is 1. The van der Waals surface area contributed by atoms with E-state index in [9.17, 15) is 18.0 Å². The van der Waals surface area contributed by atoms with Gasteiger partial charge in [0.2, 0.25) is 5.91 Å². The van der Waals surface area contributed by atoms with Crippen LogP contribution >= 0.6 is 22.9 Å². The number of nitrogens with zero attached hydrogens (tertiary/aromatic N) is 1. The molecular weight excluding hydrogens is 460 g/mol. The van der Waals surface area contributed by atoms with Crippen LogP contribution in [0.15, 0.2) is 44.4 Å². The molecule has 164 valence electrons. The Hall–Kier alpha value is -2.49. The molecule has 0 radical (unpaired) electrons. The van der Waals surface area contributed by atoms with Crippen molar-refractivity contribution in [1.82, 2.24) is 9.88 Å². The predicted octanol–water partition coefficient (Wildman–Crippen LogP) is 4.42. The van der Waals surface area contributed by atoms with Crippen molar-refractivity contribution < 1.29 is 22.5 Å². The van der Waals surface area contributed by atoms with Gasteiger partial charge in [-0.2, -0.15) is 11.3 Å². The monoisotopic (exact) mass is 480 g/mol. The minimum Gasteiger partial charge on any atom is -0.354 e. The number of sulfonamides is 1. The molecule has 31 heavy (non-hydrogen) atoms. The average Bonchev–Trinajstić information content (AvgIpc) is 3.33. The number of aryl methyl sites for hydroxylation is 1. The van der Waals surface area contributed by atoms with Crippen LogP contribution in [0.5, 0.6) is 0 Å². The van der Waals surface area contributed by atoms with E-state index < -0.39 is 33.5 Å². The van der Waals surface area contributed by atoms with Crippen LogP contribution in [0.1, 0.15) is 37.1 Å². The molecule has 0 saturated heterocycles. The first-order chi connectivity index (χ1) is 14.4. The third kappa shape index (κ3) is 4.58. The van der Waals surface area contributed by atoms with Crippen LogP contribution in [0.3, 0.4) is 0 Å². The van der Waals surface area contributed by atoms with E-state index >= 15 is 0 Å². The van der Waals surface area contributed by atoms with Gasteiger partial charge in [-0.15, -0.1) is 0 Å². The van der Waals surface area contributed by atoms with Gasteiger partial charge in [0.05, 0.1) is 17.0 Å². The number of carbonyl (C=O) groups is 2. The van der Waals surface area contributed by atoms with Crippen molar-refractivity contribution in [2.24, 2.45) is 0 Å². The maximum absolute atomic E-state index is 13.0. The Morgan fingerprint density at radius 2 is 1.94 bits per heavy atom. The van der Waals surface area contributed by atoms with Crippen LogP contribution in [0.2, 0.25) is 5.02 Å². The van der Waals surface area contributed by atoms with Crippen molar-refractivity contribution >= 4 is 44.7 Å². The molecule has 0 saturated carbocycles. The van der Waals surface area contributed by atoms with E-state index in [0.29, 0.717) is 27.6 Å². The molecule has 0 atom stereocenters. The van der Waals surface area contributed by atoms with Gasteiger partial charge in [-0.1, -0.05) is 35.0 Å². The minimum absolute atomic E-state index is 0.0136. The Kier molecular flexibility index (Phi) is 6.40. The quantitative estimate of drug-likeness (QED) is 0.502. The number of halogens is 1. The van der Waals surface area contributed by atoms with E-state index in [-0.39, 0.29) is 4.90 Å². The van der Waals surface area contributed by atoms with Crippen LogP contribution < -0.4 is 4.72 Å². The molecule has 2 aromatic heterocycles. The lowest BCUT2D eigenvalue weighted by atomic mass is 9.76. The van der Waals surface area contributed by atoms with E-state index in [4.69, 9.17) is 16.1 Å². The Bertz CT molecular complexity index is 1240. The van der Waals surface area contributed by atoms with Gasteiger partial charge in [-0.3, -0.25) is 9.59 Å². The Labute approximate surface area is 189 Å². The van der Waals surface area contributed by atoms with Gasteiger partial charge < -0.3 is 4.52 Å². The molecule has 1 N–H and O–H groups in total. The molecule has 10 heteroatoms. The van der Waals surface area contributed by atoms with Crippen LogP contribution in [-0.2, 0) is 25.0 Å². The summed E-state index contributed by atoms with van der Waals surface area (Å²) < 4.78 is 31.8. The molecule has 0 spiro atoms. The molecule has 2 heterocycles. The fraction of sp³-hybridized carbons (Fsp3) is 0.286. The summed E-state index contributed by atoms with van der Waals surface area (Å²) in [5, 5.41) is 7.26. The van der Waals surface area contributed by atoms with Crippen LogP contribution in [0.4, 0.5) is 0 Å². The first kappa shape index (κ1) is 23.2. The number of amides is 1. The topological polar surface area (TPSA) is 106 Å². The summed E-state index contributed by atoms with van der Waals surface area (Å²) in [5.74, 6) is -0.904. The number of carbonyl (C=O) groups excluding carboxylic acids is 2. The highest BCUT2D eigenvalue weighted by atomic mass is 35.5. The Balaban J connectivity index is 1.84. The number of hydrogen-bond donors (Lipinski definition) is 1. The van der Waals surface area contributed by atoms with E-state index in [1.807, 2.05) is 17.7 Å². The minimum atomic E-state index is -4.00. The van der Waals surface area contributed by atoms with Crippen LogP contribution in [-0.4, -0.2) is 25.3 Å². The highest BCUT2D eigenvalue weighted by Crippen LogP contribution is 2.37. The van der Waals surface area contributed by atoms with Gasteiger partial charge in [-0.25, -0.2) is 13.1 Å². The summed E-state index contributed by atoms with van der Waals surface area (Å²) in [6, 6.07) is 6.75. The molecule has 3 aromatic rings. The molecule has 0 unspecified atom stereocenters. The fourth-order valence-corrected chi connectivity index (χ4v) is 5.44. The molecule has 0 aliphatic carbocycles. The first-order valence-electron chi connectivity index (χ1n) is 9.28. The van der Waals surface area contributed by atoms with Crippen molar-refractivity contribution in [3.63, 3.8) is 0 Å². The summed E-state index contributed by atoms with van der Waals surface area (Å²) in [4.78, 5) is 25.3. The number of aromatic nitrogens is 1. The average molecular weight is 481 g/mol. The molecule has 0 aliphatic heterocycles. The van der Waals surface area contributed by atoms with Gasteiger partial charge in [0.15, 0.2) is 11.5 Å². The van der Waals surface area contributed by atoms with Crippen LogP contribution in [0, 0.1) is 13.8 Å². The Morgan fingerprint density at radius 3 is 2.52 bits per heavy atom. The highest BCUT2D eigenvalue weighted by Gasteiger charge is 2.34. The highest BCUT2D eigenvalue weighted by molar-refractivity contribution is 7.90. The molecule has 1 amide bonds. The van der Waals surface area contributed by atoms with E-state index in [1.54, 1.807) is 38.3 Å². The Morgan fingerprint density at radius 1 is 1.23 bits per heavy atom. The number of rotatable bonds is 7. The van der Waals surface area contributed by atoms with Gasteiger partial charge in [0.25, 0.3) is 10.0 Å². The first-order valence-corrected chi connectivity index (χ1v) is 12.1. The van der Waals surface area contributed by atoms with E-state index in [1.165, 1.54) is 22.8 Å². The van der Waals surface area contributed by atoms with E-state index in [2.05, 4.69) is 5.16 Å². The molecule has 7 nitrogen and oxygen atoms in total. The van der Waals surface area contributed by atoms with Crippen molar-refractivity contribution in [3.8, 4) is 11.3 Å². The van der Waals surface area contributed by atoms with Crippen molar-refractivity contribution in [3.05, 3.63) is 56.9 Å². The number of nitrogens with one attached hydrogen (secondary N) is 1. The SMILES string of the molecule is Cc1noc(-c2cccc(C(C)(C)C(=O)CC(=O)NS(=O)(=O)c3ccsc3)c2C)c1Cl. The summed E-state index contributed by atoms with van der Waals surface area (Å²) in [6.07, 6.45) is -0.581. The maximum atomic E-state index is 13.0. The van der Waals surface area contributed by atoms with Gasteiger partial charge in [0.1, 0.15) is 5.02 Å². The number of thiophene rings is 1. The zero-order valence-electron chi connectivity index (χ0n) is 17.4. The standard InChI is InChI=1S/C21H21ClN2O5S2/c1-12-15(20-19(22)13(2)23-29-20)6-5-7-16(12)21(3,4)17(25)10-18(26)24-31(27,28)14-8-9-30-11-14/h5-9,11H,10H2,1-4H3,(H,24,26). The summed E-state index contributed by atoms with van der Waals surface area (Å²) in [7, 11) is -4.00. The lowest BCUT2D eigenvalue weighted by Gasteiger charge is -2.26. The summed E-state index contributed by atoms with van der Waals surface area (Å²) in [5.41, 5.74) is 1.61. The number of hydrogen-bond acceptors (Lipinski definition) is 7. The maximum Gasteiger partial charge on any atom is 0.264 e. The second-order valence-corrected chi connectivity index (χ2v) is 10.4. The number of benzene rings is 1. The van der Waals surface area contributed by atoms with Gasteiger partial charge >= 0.3 is 0 Å². The lowest BCUT2D eigenvalue weighted by molar-refractivity contribution is -0.129. The molecule has 0 aliphatic rings. The van der Waals surface area contributed by atoms with Gasteiger partial charge in [-0.05, 0) is 50.3 Å². The zero-order valence-corrected chi connectivity index (χ0v) is 19.7. The third-order valence-electron chi connectivity index (χ3n) is 5.11. The lowest BCUT2D eigenvalue weighted by Crippen LogP contribution is -2.37. The third-order valence-corrected chi connectivity index (χ3v) is 7.76. The van der Waals surface area contributed by atoms with Crippen molar-refractivity contribution in [2.75, 3.05) is 0 Å². The van der Waals surface area contributed by atoms with Crippen molar-refractivity contribution in [1.29, 1.82) is 0 Å². The molecule has 1 aromatic carbocycles. The van der Waals surface area contributed by atoms with E-state index in [0.717, 1.165) is 5.56 Å². The van der Waals surface area contributed by atoms with Crippen LogP contribution in [0.25, 0.3) is 11.3 Å². The molecule has 0 fully saturated rings. The molecular formula is C21H21ClN2O5S2. The summed E-state index contributed by atoms with van der Waals surface area (Å²) in [6.45, 7) is 6.93. The summed E-state index contributed by atoms with van der Waals surface area (Å²) >= 11 is 7.48. The van der Waals surface area contributed by atoms with Crippen molar-refractivity contribution in [2.45, 2.75) is 44.4 Å².